The average molecular weight is 588 g/mol. The molecule has 0 saturated carbocycles. The zero-order valence-corrected chi connectivity index (χ0v) is 25.1. The molecule has 9 aromatic rings. The van der Waals surface area contributed by atoms with Crippen LogP contribution in [0.3, 0.4) is 0 Å². The van der Waals surface area contributed by atoms with Gasteiger partial charge < -0.3 is 5.73 Å². The minimum absolute atomic E-state index is 0.713. The predicted octanol–water partition coefficient (Wildman–Crippen LogP) is 10.9. The van der Waals surface area contributed by atoms with E-state index in [0.29, 0.717) is 6.42 Å². The van der Waals surface area contributed by atoms with Gasteiger partial charge in [-0.05, 0) is 67.2 Å². The molecule has 3 nitrogen and oxygen atoms in total. The quantitative estimate of drug-likeness (QED) is 0.161. The first-order chi connectivity index (χ1) is 22.7. The molecule has 0 bridgehead atoms. The molecule has 0 unspecified atom stereocenters. The van der Waals surface area contributed by atoms with Crippen molar-refractivity contribution in [1.29, 1.82) is 0 Å². The lowest BCUT2D eigenvalue weighted by Gasteiger charge is -2.14. The summed E-state index contributed by atoms with van der Waals surface area (Å²) in [5.74, 6) is 0. The fraction of sp³-hybridized carbons (Fsp3) is 0.0233. The molecule has 2 N–H and O–H groups in total. The van der Waals surface area contributed by atoms with Crippen LogP contribution in [-0.2, 0) is 6.42 Å². The van der Waals surface area contributed by atoms with Gasteiger partial charge >= 0.3 is 0 Å². The molecule has 0 aliphatic rings. The summed E-state index contributed by atoms with van der Waals surface area (Å²) < 4.78 is 0. The van der Waals surface area contributed by atoms with E-state index in [-0.39, 0.29) is 0 Å². The second kappa shape index (κ2) is 10.5. The molecule has 2 heterocycles. The standard InChI is InChI=1S/C43H29N3/c44-38-10-2-1-5-28(38)6-4-9-35-23-19-33-17-18-34-22-26-39(46-43(34)42(33)45-35)29-13-11-27(12-14-29)36-24-20-32-16-15-30-7-3-8-31-21-25-37(36)41(32)40(30)31/h1-8,10-26H,9,44H2/b6-4-. The number of nitrogen functional groups attached to an aromatic ring is 1. The van der Waals surface area contributed by atoms with Crippen LogP contribution >= 0.6 is 0 Å². The van der Waals surface area contributed by atoms with Gasteiger partial charge in [0, 0.05) is 34.1 Å². The fourth-order valence-electron chi connectivity index (χ4n) is 6.86. The van der Waals surface area contributed by atoms with E-state index in [4.69, 9.17) is 15.7 Å². The monoisotopic (exact) mass is 587 g/mol. The van der Waals surface area contributed by atoms with Crippen molar-refractivity contribution in [2.75, 3.05) is 5.73 Å². The first kappa shape index (κ1) is 26.4. The van der Waals surface area contributed by atoms with Crippen LogP contribution in [0, 0.1) is 0 Å². The number of fused-ring (bicyclic) bond motifs is 3. The minimum Gasteiger partial charge on any atom is -0.398 e. The summed E-state index contributed by atoms with van der Waals surface area (Å²) in [5.41, 5.74) is 15.2. The van der Waals surface area contributed by atoms with Crippen molar-refractivity contribution >= 4 is 65.9 Å². The summed E-state index contributed by atoms with van der Waals surface area (Å²) in [6.45, 7) is 0. The topological polar surface area (TPSA) is 51.8 Å². The molecule has 0 radical (unpaired) electrons. The summed E-state index contributed by atoms with van der Waals surface area (Å²) in [6.07, 6.45) is 4.89. The van der Waals surface area contributed by atoms with Gasteiger partial charge in [0.2, 0.25) is 0 Å². The van der Waals surface area contributed by atoms with Crippen LogP contribution in [-0.4, -0.2) is 9.97 Å². The molecule has 0 fully saturated rings. The van der Waals surface area contributed by atoms with E-state index in [9.17, 15) is 0 Å². The second-order valence-electron chi connectivity index (χ2n) is 12.0. The SMILES string of the molecule is Nc1ccccc1/C=C\Cc1ccc2ccc3ccc(-c4ccc(-c5ccc6ccc7cccc8ccc5c6c78)cc4)nc3c2n1. The molecule has 0 aliphatic carbocycles. The van der Waals surface area contributed by atoms with Crippen LogP contribution in [0.4, 0.5) is 5.69 Å². The molecule has 7 aromatic carbocycles. The number of nitrogens with zero attached hydrogens (tertiary/aromatic N) is 2. The van der Waals surface area contributed by atoms with Gasteiger partial charge in [0.25, 0.3) is 0 Å². The van der Waals surface area contributed by atoms with E-state index in [1.165, 1.54) is 43.4 Å². The lowest BCUT2D eigenvalue weighted by Crippen LogP contribution is -1.93. The van der Waals surface area contributed by atoms with E-state index in [1.54, 1.807) is 0 Å². The first-order valence-electron chi connectivity index (χ1n) is 15.7. The molecule has 9 rings (SSSR count). The third kappa shape index (κ3) is 4.36. The number of para-hydroxylation sites is 1. The van der Waals surface area contributed by atoms with Gasteiger partial charge in [0.05, 0.1) is 16.7 Å². The molecule has 0 aliphatic heterocycles. The van der Waals surface area contributed by atoms with Crippen molar-refractivity contribution in [2.45, 2.75) is 6.42 Å². The molecule has 46 heavy (non-hydrogen) atoms. The summed E-state index contributed by atoms with van der Waals surface area (Å²) in [5, 5.41) is 9.99. The number of hydrogen-bond acceptors (Lipinski definition) is 3. The fourth-order valence-corrected chi connectivity index (χ4v) is 6.86. The molecule has 0 atom stereocenters. The van der Waals surface area contributed by atoms with Crippen LogP contribution in [0.25, 0.3) is 82.6 Å². The van der Waals surface area contributed by atoms with Gasteiger partial charge in [-0.3, -0.25) is 4.98 Å². The van der Waals surface area contributed by atoms with Crippen LogP contribution < -0.4 is 5.73 Å². The Morgan fingerprint density at radius 1 is 0.500 bits per heavy atom. The Labute approximate surface area is 266 Å². The van der Waals surface area contributed by atoms with Gasteiger partial charge in [-0.15, -0.1) is 0 Å². The van der Waals surface area contributed by atoms with Crippen LogP contribution in [0.1, 0.15) is 11.3 Å². The molecule has 0 spiro atoms. The van der Waals surface area contributed by atoms with Crippen molar-refractivity contribution in [1.82, 2.24) is 9.97 Å². The van der Waals surface area contributed by atoms with E-state index in [0.717, 1.165) is 50.0 Å². The smallest absolute Gasteiger partial charge is 0.0972 e. The second-order valence-corrected chi connectivity index (χ2v) is 12.0. The summed E-state index contributed by atoms with van der Waals surface area (Å²) in [6, 6.07) is 49.5. The molecule has 3 heteroatoms. The largest absolute Gasteiger partial charge is 0.398 e. The molecule has 0 saturated heterocycles. The highest BCUT2D eigenvalue weighted by atomic mass is 14.8. The Kier molecular flexibility index (Phi) is 6.04. The zero-order valence-electron chi connectivity index (χ0n) is 25.1. The van der Waals surface area contributed by atoms with Crippen molar-refractivity contribution in [2.24, 2.45) is 0 Å². The molecule has 2 aromatic heterocycles. The van der Waals surface area contributed by atoms with Gasteiger partial charge in [0.15, 0.2) is 0 Å². The highest BCUT2D eigenvalue weighted by Gasteiger charge is 2.13. The van der Waals surface area contributed by atoms with E-state index in [1.807, 2.05) is 24.3 Å². The maximum Gasteiger partial charge on any atom is 0.0972 e. The third-order valence-corrected chi connectivity index (χ3v) is 9.22. The molecule has 216 valence electrons. The predicted molar refractivity (Wildman–Crippen MR) is 195 cm³/mol. The number of hydrogen-bond donors (Lipinski definition) is 1. The Bertz CT molecular complexity index is 2600. The Hall–Kier alpha value is -6.06. The third-order valence-electron chi connectivity index (χ3n) is 9.22. The lowest BCUT2D eigenvalue weighted by molar-refractivity contribution is 1.15. The number of anilines is 1. The lowest BCUT2D eigenvalue weighted by atomic mass is 9.89. The molecular weight excluding hydrogens is 558 g/mol. The first-order valence-corrected chi connectivity index (χ1v) is 15.7. The minimum atomic E-state index is 0.713. The molecular formula is C43H29N3. The van der Waals surface area contributed by atoms with Crippen LogP contribution in [0.15, 0.2) is 146 Å². The number of pyridine rings is 2. The Balaban J connectivity index is 1.07. The number of benzene rings is 7. The Morgan fingerprint density at radius 2 is 1.13 bits per heavy atom. The van der Waals surface area contributed by atoms with Crippen LogP contribution in [0.5, 0.6) is 0 Å². The van der Waals surface area contributed by atoms with E-state index >= 15 is 0 Å². The van der Waals surface area contributed by atoms with E-state index in [2.05, 4.69) is 127 Å². The van der Waals surface area contributed by atoms with Crippen molar-refractivity contribution in [3.8, 4) is 22.4 Å². The highest BCUT2D eigenvalue weighted by Crippen LogP contribution is 2.39. The summed E-state index contributed by atoms with van der Waals surface area (Å²) >= 11 is 0. The maximum absolute atomic E-state index is 6.11. The normalized spacial score (nSPS) is 12.0. The number of nitrogens with two attached hydrogens (primary N) is 1. The number of aromatic nitrogens is 2. The van der Waals surface area contributed by atoms with Gasteiger partial charge in [0.1, 0.15) is 0 Å². The molecule has 0 amide bonds. The highest BCUT2D eigenvalue weighted by molar-refractivity contribution is 6.25. The number of allylic oxidation sites excluding steroid dienone is 1. The van der Waals surface area contributed by atoms with Gasteiger partial charge in [-0.2, -0.15) is 0 Å². The summed E-state index contributed by atoms with van der Waals surface area (Å²) in [7, 11) is 0. The van der Waals surface area contributed by atoms with E-state index < -0.39 is 0 Å². The summed E-state index contributed by atoms with van der Waals surface area (Å²) in [4.78, 5) is 10.2. The number of rotatable bonds is 5. The van der Waals surface area contributed by atoms with Gasteiger partial charge in [-0.1, -0.05) is 133 Å². The zero-order chi connectivity index (χ0) is 30.6. The van der Waals surface area contributed by atoms with Crippen molar-refractivity contribution < 1.29 is 0 Å². The van der Waals surface area contributed by atoms with Gasteiger partial charge in [-0.25, -0.2) is 4.98 Å². The van der Waals surface area contributed by atoms with Crippen molar-refractivity contribution in [3.05, 3.63) is 157 Å². The van der Waals surface area contributed by atoms with Crippen LogP contribution in [0.2, 0.25) is 0 Å². The Morgan fingerprint density at radius 3 is 1.93 bits per heavy atom. The maximum atomic E-state index is 6.11. The van der Waals surface area contributed by atoms with Crippen molar-refractivity contribution in [3.63, 3.8) is 0 Å². The average Bonchev–Trinajstić information content (AvgIpc) is 3.11.